The lowest BCUT2D eigenvalue weighted by molar-refractivity contribution is -0.389. The standard InChI is InChI=1S/C33H33F3N4O6/c34-33(35,36)25-5-1-24(2-6-25)21-43-26-7-3-23(4-8-26)19-38-16-13-29(14-17-38)45-28-11-9-27(10-12-28)44-22-30-15-18-39-20-31(40(41)42)37-32(39)46-30/h1-12,20,29-30H,13-19,21-22H2. The third kappa shape index (κ3) is 8.08. The van der Waals surface area contributed by atoms with Gasteiger partial charge in [0.15, 0.2) is 0 Å². The van der Waals surface area contributed by atoms with E-state index in [1.807, 2.05) is 48.5 Å². The van der Waals surface area contributed by atoms with E-state index in [1.165, 1.54) is 18.3 Å². The Hall–Kier alpha value is -4.78. The van der Waals surface area contributed by atoms with Crippen LogP contribution < -0.4 is 18.9 Å². The normalized spacial score (nSPS) is 17.2. The molecule has 1 atom stereocenters. The zero-order valence-corrected chi connectivity index (χ0v) is 24.9. The van der Waals surface area contributed by atoms with Crippen LogP contribution in [-0.2, 0) is 25.9 Å². The van der Waals surface area contributed by atoms with E-state index in [4.69, 9.17) is 18.9 Å². The van der Waals surface area contributed by atoms with Gasteiger partial charge in [0.25, 0.3) is 0 Å². The van der Waals surface area contributed by atoms with E-state index in [2.05, 4.69) is 9.88 Å². The Morgan fingerprint density at radius 3 is 2.15 bits per heavy atom. The number of aromatic nitrogens is 2. The maximum absolute atomic E-state index is 12.7. The number of rotatable bonds is 11. The molecule has 0 aliphatic carbocycles. The van der Waals surface area contributed by atoms with Crippen molar-refractivity contribution in [2.45, 2.75) is 57.3 Å². The molecule has 4 aromatic rings. The van der Waals surface area contributed by atoms with Crippen molar-refractivity contribution in [3.8, 4) is 23.3 Å². The molecule has 1 aromatic heterocycles. The van der Waals surface area contributed by atoms with Gasteiger partial charge in [0.2, 0.25) is 0 Å². The minimum atomic E-state index is -4.35. The van der Waals surface area contributed by atoms with Crippen molar-refractivity contribution in [1.29, 1.82) is 0 Å². The molecule has 46 heavy (non-hydrogen) atoms. The number of ether oxygens (including phenoxy) is 4. The van der Waals surface area contributed by atoms with E-state index < -0.39 is 16.7 Å². The van der Waals surface area contributed by atoms with E-state index >= 15 is 0 Å². The molecule has 0 spiro atoms. The molecule has 0 radical (unpaired) electrons. The summed E-state index contributed by atoms with van der Waals surface area (Å²) < 4.78 is 63.5. The summed E-state index contributed by atoms with van der Waals surface area (Å²) in [5, 5.41) is 10.9. The predicted octanol–water partition coefficient (Wildman–Crippen LogP) is 6.66. The van der Waals surface area contributed by atoms with Crippen LogP contribution in [0.4, 0.5) is 19.0 Å². The van der Waals surface area contributed by atoms with Crippen molar-refractivity contribution in [3.63, 3.8) is 0 Å². The van der Waals surface area contributed by atoms with Gasteiger partial charge in [-0.3, -0.25) is 9.47 Å². The summed E-state index contributed by atoms with van der Waals surface area (Å²) in [6, 6.07) is 20.5. The van der Waals surface area contributed by atoms with E-state index in [9.17, 15) is 23.3 Å². The van der Waals surface area contributed by atoms with Gasteiger partial charge in [-0.2, -0.15) is 13.2 Å². The smallest absolute Gasteiger partial charge is 0.416 e. The van der Waals surface area contributed by atoms with E-state index in [0.717, 1.165) is 55.9 Å². The number of nitrogens with zero attached hydrogens (tertiary/aromatic N) is 4. The molecular weight excluding hydrogens is 605 g/mol. The molecule has 0 N–H and O–H groups in total. The van der Waals surface area contributed by atoms with Crippen molar-refractivity contribution in [1.82, 2.24) is 14.5 Å². The highest BCUT2D eigenvalue weighted by molar-refractivity contribution is 5.32. The fourth-order valence-electron chi connectivity index (χ4n) is 5.42. The average Bonchev–Trinajstić information content (AvgIpc) is 3.49. The van der Waals surface area contributed by atoms with Crippen molar-refractivity contribution in [2.24, 2.45) is 0 Å². The minimum absolute atomic E-state index is 0.118. The summed E-state index contributed by atoms with van der Waals surface area (Å²) in [6.45, 7) is 3.69. The fraction of sp³-hybridized carbons (Fsp3) is 0.364. The van der Waals surface area contributed by atoms with Crippen LogP contribution in [0.25, 0.3) is 0 Å². The van der Waals surface area contributed by atoms with Crippen LogP contribution >= 0.6 is 0 Å². The first-order valence-corrected chi connectivity index (χ1v) is 15.1. The lowest BCUT2D eigenvalue weighted by Gasteiger charge is -2.32. The lowest BCUT2D eigenvalue weighted by atomic mass is 10.1. The molecule has 1 saturated heterocycles. The molecule has 1 unspecified atom stereocenters. The molecular formula is C33H33F3N4O6. The zero-order chi connectivity index (χ0) is 32.1. The first kappa shape index (κ1) is 31.2. The second-order valence-electron chi connectivity index (χ2n) is 11.4. The average molecular weight is 639 g/mol. The van der Waals surface area contributed by atoms with Crippen molar-refractivity contribution in [2.75, 3.05) is 19.7 Å². The molecule has 3 aromatic carbocycles. The highest BCUT2D eigenvalue weighted by Gasteiger charge is 2.30. The number of fused-ring (bicyclic) bond motifs is 1. The largest absolute Gasteiger partial charge is 0.490 e. The summed E-state index contributed by atoms with van der Waals surface area (Å²) in [5.41, 5.74) is 1.15. The Morgan fingerprint density at radius 2 is 1.48 bits per heavy atom. The van der Waals surface area contributed by atoms with E-state index in [1.54, 1.807) is 4.57 Å². The molecule has 10 nitrogen and oxygen atoms in total. The zero-order valence-electron chi connectivity index (χ0n) is 24.9. The van der Waals surface area contributed by atoms with Crippen molar-refractivity contribution in [3.05, 3.63) is 106 Å². The Kier molecular flexibility index (Phi) is 9.29. The molecule has 1 fully saturated rings. The van der Waals surface area contributed by atoms with Crippen LogP contribution in [0, 0.1) is 10.1 Å². The van der Waals surface area contributed by atoms with Gasteiger partial charge in [0, 0.05) is 37.6 Å². The Morgan fingerprint density at radius 1 is 0.848 bits per heavy atom. The number of halogens is 3. The first-order chi connectivity index (χ1) is 22.2. The third-order valence-electron chi connectivity index (χ3n) is 7.99. The molecule has 3 heterocycles. The van der Waals surface area contributed by atoms with Crippen LogP contribution in [0.5, 0.6) is 23.3 Å². The Balaban J connectivity index is 0.890. The molecule has 6 rings (SSSR count). The predicted molar refractivity (Wildman–Crippen MR) is 161 cm³/mol. The molecule has 0 bridgehead atoms. The number of imidazole rings is 1. The number of benzene rings is 3. The van der Waals surface area contributed by atoms with Crippen LogP contribution in [-0.4, -0.2) is 51.3 Å². The lowest BCUT2D eigenvalue weighted by Crippen LogP contribution is -2.37. The fourth-order valence-corrected chi connectivity index (χ4v) is 5.42. The minimum Gasteiger partial charge on any atom is -0.490 e. The van der Waals surface area contributed by atoms with Crippen LogP contribution in [0.3, 0.4) is 0 Å². The monoisotopic (exact) mass is 638 g/mol. The van der Waals surface area contributed by atoms with Gasteiger partial charge in [-0.1, -0.05) is 24.3 Å². The van der Waals surface area contributed by atoms with Gasteiger partial charge in [-0.25, -0.2) is 0 Å². The molecule has 0 amide bonds. The summed E-state index contributed by atoms with van der Waals surface area (Å²) in [6.07, 6.45) is -0.631. The number of aryl methyl sites for hydroxylation is 1. The Labute approximate surface area is 263 Å². The number of likely N-dealkylation sites (tertiary alicyclic amines) is 1. The SMILES string of the molecule is O=[N+]([O-])c1cn2c(n1)OC(COc1ccc(OC3CCN(Cc4ccc(OCc5ccc(C(F)(F)F)cc5)cc4)CC3)cc1)CC2. The first-order valence-electron chi connectivity index (χ1n) is 15.1. The molecule has 2 aliphatic rings. The summed E-state index contributed by atoms with van der Waals surface area (Å²) in [5.74, 6) is 1.90. The number of hydrogen-bond donors (Lipinski definition) is 0. The van der Waals surface area contributed by atoms with Gasteiger partial charge in [0.05, 0.1) is 5.56 Å². The second kappa shape index (κ2) is 13.7. The summed E-state index contributed by atoms with van der Waals surface area (Å²) >= 11 is 0. The Bertz CT molecular complexity index is 1600. The number of nitro groups is 1. The maximum atomic E-state index is 12.7. The number of hydrogen-bond acceptors (Lipinski definition) is 8. The van der Waals surface area contributed by atoms with Gasteiger partial charge < -0.3 is 29.1 Å². The quantitative estimate of drug-likeness (QED) is 0.133. The van der Waals surface area contributed by atoms with Crippen LogP contribution in [0.15, 0.2) is 79.0 Å². The molecule has 2 aliphatic heterocycles. The summed E-state index contributed by atoms with van der Waals surface area (Å²) in [7, 11) is 0. The van der Waals surface area contributed by atoms with Gasteiger partial charge in [-0.05, 0) is 77.4 Å². The van der Waals surface area contributed by atoms with Gasteiger partial charge >= 0.3 is 18.0 Å². The topological polar surface area (TPSA) is 101 Å². The van der Waals surface area contributed by atoms with Gasteiger partial charge in [-0.15, -0.1) is 0 Å². The molecule has 13 heteroatoms. The molecule has 0 saturated carbocycles. The highest BCUT2D eigenvalue weighted by Crippen LogP contribution is 2.30. The molecule has 242 valence electrons. The third-order valence-corrected chi connectivity index (χ3v) is 7.99. The van der Waals surface area contributed by atoms with Crippen LogP contribution in [0.1, 0.15) is 36.0 Å². The number of alkyl halides is 3. The highest BCUT2D eigenvalue weighted by atomic mass is 19.4. The van der Waals surface area contributed by atoms with E-state index in [0.29, 0.717) is 36.6 Å². The summed E-state index contributed by atoms with van der Waals surface area (Å²) in [4.78, 5) is 16.7. The van der Waals surface area contributed by atoms with E-state index in [-0.39, 0.29) is 30.6 Å². The van der Waals surface area contributed by atoms with Gasteiger partial charge in [0.1, 0.15) is 48.9 Å². The van der Waals surface area contributed by atoms with Crippen LogP contribution in [0.2, 0.25) is 0 Å². The number of piperidine rings is 1. The maximum Gasteiger partial charge on any atom is 0.416 e. The van der Waals surface area contributed by atoms with Crippen molar-refractivity contribution < 1.29 is 37.0 Å². The van der Waals surface area contributed by atoms with Crippen molar-refractivity contribution >= 4 is 5.82 Å². The second-order valence-corrected chi connectivity index (χ2v) is 11.4.